The summed E-state index contributed by atoms with van der Waals surface area (Å²) >= 11 is 0. The van der Waals surface area contributed by atoms with Gasteiger partial charge in [0.2, 0.25) is 0 Å². The molecule has 1 N–H and O–H groups in total. The maximum Gasteiger partial charge on any atom is 0.126 e. The first-order chi connectivity index (χ1) is 9.52. The molecular weight excluding hydrogens is 253 g/mol. The van der Waals surface area contributed by atoms with Gasteiger partial charge in [-0.2, -0.15) is 10.2 Å². The summed E-state index contributed by atoms with van der Waals surface area (Å²) in [4.78, 5) is 0. The lowest BCUT2D eigenvalue weighted by Gasteiger charge is -2.21. The van der Waals surface area contributed by atoms with Gasteiger partial charge in [-0.3, -0.25) is 0 Å². The lowest BCUT2D eigenvalue weighted by Crippen LogP contribution is -2.23. The molecular formula is C16H20FN3. The monoisotopic (exact) mass is 273 g/mol. The summed E-state index contributed by atoms with van der Waals surface area (Å²) in [6.45, 7) is 8.44. The Kier molecular flexibility index (Phi) is 4.45. The van der Waals surface area contributed by atoms with Crippen molar-refractivity contribution in [1.82, 2.24) is 15.5 Å². The molecule has 0 spiro atoms. The molecule has 1 unspecified atom stereocenters. The minimum atomic E-state index is -0.179. The molecule has 0 saturated carbocycles. The van der Waals surface area contributed by atoms with Gasteiger partial charge in [-0.1, -0.05) is 19.1 Å². The highest BCUT2D eigenvalue weighted by Crippen LogP contribution is 2.25. The topological polar surface area (TPSA) is 37.8 Å². The summed E-state index contributed by atoms with van der Waals surface area (Å²) in [5, 5.41) is 11.6. The minimum Gasteiger partial charge on any atom is -0.306 e. The number of benzene rings is 1. The van der Waals surface area contributed by atoms with E-state index >= 15 is 0 Å². The lowest BCUT2D eigenvalue weighted by atomic mass is 9.96. The largest absolute Gasteiger partial charge is 0.306 e. The number of aromatic nitrogens is 2. The van der Waals surface area contributed by atoms with Crippen LogP contribution >= 0.6 is 0 Å². The highest BCUT2D eigenvalue weighted by atomic mass is 19.1. The number of hydrogen-bond donors (Lipinski definition) is 1. The van der Waals surface area contributed by atoms with E-state index in [1.165, 1.54) is 0 Å². The molecule has 1 heterocycles. The molecule has 0 amide bonds. The zero-order valence-corrected chi connectivity index (χ0v) is 12.4. The average molecular weight is 273 g/mol. The Hall–Kier alpha value is -1.81. The van der Waals surface area contributed by atoms with Crippen molar-refractivity contribution in [3.63, 3.8) is 0 Å². The van der Waals surface area contributed by atoms with E-state index in [9.17, 15) is 4.39 Å². The van der Waals surface area contributed by atoms with Gasteiger partial charge in [-0.15, -0.1) is 0 Å². The van der Waals surface area contributed by atoms with Crippen molar-refractivity contribution in [2.75, 3.05) is 6.54 Å². The number of rotatable bonds is 4. The predicted molar refractivity (Wildman–Crippen MR) is 78.2 cm³/mol. The van der Waals surface area contributed by atoms with Crippen molar-refractivity contribution >= 4 is 0 Å². The molecule has 20 heavy (non-hydrogen) atoms. The molecule has 1 atom stereocenters. The van der Waals surface area contributed by atoms with Crippen LogP contribution in [0, 0.1) is 26.6 Å². The fraction of sp³-hybridized carbons (Fsp3) is 0.375. The SMILES string of the molecule is CCNC(c1ccc(C)c(F)c1)c1cc(C)nnc1C. The van der Waals surface area contributed by atoms with Gasteiger partial charge < -0.3 is 5.32 Å². The first-order valence-electron chi connectivity index (χ1n) is 6.83. The van der Waals surface area contributed by atoms with E-state index < -0.39 is 0 Å². The second kappa shape index (κ2) is 6.09. The molecule has 0 aliphatic carbocycles. The van der Waals surface area contributed by atoms with E-state index in [1.54, 1.807) is 13.0 Å². The van der Waals surface area contributed by atoms with Gasteiger partial charge in [0.25, 0.3) is 0 Å². The Morgan fingerprint density at radius 1 is 1.15 bits per heavy atom. The molecule has 4 heteroatoms. The van der Waals surface area contributed by atoms with Crippen LogP contribution in [0.5, 0.6) is 0 Å². The Balaban J connectivity index is 2.49. The number of nitrogens with zero attached hydrogens (tertiary/aromatic N) is 2. The summed E-state index contributed by atoms with van der Waals surface area (Å²) in [5.74, 6) is -0.179. The molecule has 0 saturated heterocycles. The fourth-order valence-corrected chi connectivity index (χ4v) is 2.26. The Morgan fingerprint density at radius 3 is 2.55 bits per heavy atom. The highest BCUT2D eigenvalue weighted by molar-refractivity contribution is 5.36. The normalized spacial score (nSPS) is 12.4. The third-order valence-corrected chi connectivity index (χ3v) is 3.39. The molecule has 3 nitrogen and oxygen atoms in total. The van der Waals surface area contributed by atoms with Gasteiger partial charge in [-0.05, 0) is 56.1 Å². The second-order valence-corrected chi connectivity index (χ2v) is 5.03. The fourth-order valence-electron chi connectivity index (χ4n) is 2.26. The molecule has 106 valence electrons. The van der Waals surface area contributed by atoms with Crippen molar-refractivity contribution in [2.45, 2.75) is 33.7 Å². The highest BCUT2D eigenvalue weighted by Gasteiger charge is 2.17. The second-order valence-electron chi connectivity index (χ2n) is 5.03. The first-order valence-corrected chi connectivity index (χ1v) is 6.83. The zero-order chi connectivity index (χ0) is 14.7. The van der Waals surface area contributed by atoms with Crippen molar-refractivity contribution < 1.29 is 4.39 Å². The molecule has 2 rings (SSSR count). The Morgan fingerprint density at radius 2 is 1.90 bits per heavy atom. The van der Waals surface area contributed by atoms with Gasteiger partial charge in [0, 0.05) is 0 Å². The molecule has 0 bridgehead atoms. The predicted octanol–water partition coefficient (Wildman–Crippen LogP) is 3.24. The van der Waals surface area contributed by atoms with Crippen LogP contribution in [-0.2, 0) is 0 Å². The quantitative estimate of drug-likeness (QED) is 0.929. The number of hydrogen-bond acceptors (Lipinski definition) is 3. The summed E-state index contributed by atoms with van der Waals surface area (Å²) in [6, 6.07) is 7.31. The summed E-state index contributed by atoms with van der Waals surface area (Å²) in [5.41, 5.74) is 4.33. The standard InChI is InChI=1S/C16H20FN3/c1-5-18-16(13-7-6-10(2)15(17)9-13)14-8-11(3)19-20-12(14)4/h6-9,16,18H,5H2,1-4H3. The molecule has 0 aliphatic heterocycles. The van der Waals surface area contributed by atoms with E-state index in [1.807, 2.05) is 39.0 Å². The smallest absolute Gasteiger partial charge is 0.126 e. The maximum atomic E-state index is 13.8. The summed E-state index contributed by atoms with van der Waals surface area (Å²) < 4.78 is 13.8. The van der Waals surface area contributed by atoms with Gasteiger partial charge in [0.1, 0.15) is 5.82 Å². The van der Waals surface area contributed by atoms with Crippen molar-refractivity contribution in [3.8, 4) is 0 Å². The van der Waals surface area contributed by atoms with Crippen molar-refractivity contribution in [1.29, 1.82) is 0 Å². The van der Waals surface area contributed by atoms with Crippen molar-refractivity contribution in [3.05, 3.63) is 58.2 Å². The van der Waals surface area contributed by atoms with Crippen LogP contribution in [0.25, 0.3) is 0 Å². The van der Waals surface area contributed by atoms with Crippen LogP contribution < -0.4 is 5.32 Å². The van der Waals surface area contributed by atoms with E-state index in [0.29, 0.717) is 5.56 Å². The molecule has 0 aliphatic rings. The van der Waals surface area contributed by atoms with E-state index in [-0.39, 0.29) is 11.9 Å². The summed E-state index contributed by atoms with van der Waals surface area (Å²) in [7, 11) is 0. The minimum absolute atomic E-state index is 0.0655. The molecule has 2 aromatic rings. The van der Waals surface area contributed by atoms with Gasteiger partial charge in [0.15, 0.2) is 0 Å². The third-order valence-electron chi connectivity index (χ3n) is 3.39. The third kappa shape index (κ3) is 3.02. The molecule has 1 aromatic heterocycles. The van der Waals surface area contributed by atoms with E-state index in [4.69, 9.17) is 0 Å². The van der Waals surface area contributed by atoms with E-state index in [0.717, 1.165) is 29.1 Å². The maximum absolute atomic E-state index is 13.8. The van der Waals surface area contributed by atoms with Crippen LogP contribution in [0.3, 0.4) is 0 Å². The van der Waals surface area contributed by atoms with Gasteiger partial charge in [0.05, 0.1) is 17.4 Å². The zero-order valence-electron chi connectivity index (χ0n) is 12.4. The molecule has 1 aromatic carbocycles. The van der Waals surface area contributed by atoms with Crippen LogP contribution in [0.15, 0.2) is 24.3 Å². The molecule has 0 fully saturated rings. The van der Waals surface area contributed by atoms with E-state index in [2.05, 4.69) is 15.5 Å². The number of nitrogens with one attached hydrogen (secondary N) is 1. The number of aryl methyl sites for hydroxylation is 3. The lowest BCUT2D eigenvalue weighted by molar-refractivity contribution is 0.593. The first kappa shape index (κ1) is 14.6. The van der Waals surface area contributed by atoms with Crippen LogP contribution in [-0.4, -0.2) is 16.7 Å². The Bertz CT molecular complexity index is 611. The Labute approximate surface area is 119 Å². The van der Waals surface area contributed by atoms with Crippen LogP contribution in [0.1, 0.15) is 41.0 Å². The summed E-state index contributed by atoms with van der Waals surface area (Å²) in [6.07, 6.45) is 0. The average Bonchev–Trinajstić information content (AvgIpc) is 2.42. The van der Waals surface area contributed by atoms with Gasteiger partial charge in [-0.25, -0.2) is 4.39 Å². The number of halogens is 1. The molecule has 0 radical (unpaired) electrons. The van der Waals surface area contributed by atoms with Crippen molar-refractivity contribution in [2.24, 2.45) is 0 Å². The van der Waals surface area contributed by atoms with Crippen LogP contribution in [0.4, 0.5) is 4.39 Å². The van der Waals surface area contributed by atoms with Gasteiger partial charge >= 0.3 is 0 Å². The van der Waals surface area contributed by atoms with Crippen LogP contribution in [0.2, 0.25) is 0 Å².